The highest BCUT2D eigenvalue weighted by Gasteiger charge is 2.25. The third-order valence-corrected chi connectivity index (χ3v) is 4.97. The average Bonchev–Trinajstić information content (AvgIpc) is 2.80. The molecule has 0 bridgehead atoms. The molecule has 0 aliphatic heterocycles. The molecule has 1 atom stereocenters. The molecule has 8 heteroatoms. The van der Waals surface area contributed by atoms with Crippen LogP contribution < -0.4 is 19.5 Å². The summed E-state index contributed by atoms with van der Waals surface area (Å²) in [7, 11) is 4.81. The van der Waals surface area contributed by atoms with Crippen LogP contribution in [0.4, 0.5) is 4.39 Å². The first kappa shape index (κ1) is 26.4. The van der Waals surface area contributed by atoms with Gasteiger partial charge in [0.05, 0.1) is 20.8 Å². The molecule has 0 fully saturated rings. The number of benzene rings is 2. The molecule has 2 aromatic rings. The highest BCUT2D eigenvalue weighted by molar-refractivity contribution is 5.81. The van der Waals surface area contributed by atoms with Crippen LogP contribution in [0.5, 0.6) is 17.2 Å². The van der Waals surface area contributed by atoms with E-state index in [1.807, 2.05) is 36.9 Å². The fourth-order valence-electron chi connectivity index (χ4n) is 3.31. The lowest BCUT2D eigenvalue weighted by Gasteiger charge is -2.28. The fourth-order valence-corrected chi connectivity index (χ4v) is 3.31. The first-order chi connectivity index (χ1) is 15.9. The van der Waals surface area contributed by atoms with E-state index in [2.05, 4.69) is 5.32 Å². The molecule has 33 heavy (non-hydrogen) atoms. The predicted octanol–water partition coefficient (Wildman–Crippen LogP) is 3.51. The van der Waals surface area contributed by atoms with Gasteiger partial charge in [-0.05, 0) is 24.1 Å². The number of rotatable bonds is 14. The minimum absolute atomic E-state index is 0.256. The number of methoxy groups -OCH3 is 3. The maximum Gasteiger partial charge on any atom is 0.262 e. The molecule has 0 saturated heterocycles. The number of halogens is 1. The number of ether oxygens (including phenoxy) is 4. The molecular weight excluding hydrogens is 427 g/mol. The predicted molar refractivity (Wildman–Crippen MR) is 125 cm³/mol. The van der Waals surface area contributed by atoms with Crippen molar-refractivity contribution >= 4 is 5.91 Å². The summed E-state index contributed by atoms with van der Waals surface area (Å²) in [6.45, 7) is 6.31. The van der Waals surface area contributed by atoms with Gasteiger partial charge in [-0.2, -0.15) is 0 Å². The SMILES string of the molecule is COCCN(Cc1cccc(OC)c1OC)CC(Oc1cccc(F)c1)C(=O)NCC(C)C. The van der Waals surface area contributed by atoms with Gasteiger partial charge in [0, 0.05) is 44.9 Å². The van der Waals surface area contributed by atoms with Crippen molar-refractivity contribution in [2.45, 2.75) is 26.5 Å². The first-order valence-corrected chi connectivity index (χ1v) is 11.0. The molecular formula is C25H35FN2O5. The molecule has 1 unspecified atom stereocenters. The van der Waals surface area contributed by atoms with Gasteiger partial charge in [0.15, 0.2) is 17.6 Å². The van der Waals surface area contributed by atoms with E-state index in [9.17, 15) is 9.18 Å². The summed E-state index contributed by atoms with van der Waals surface area (Å²) in [5.74, 6) is 1.16. The zero-order valence-corrected chi connectivity index (χ0v) is 20.1. The maximum absolute atomic E-state index is 13.7. The Hall–Kier alpha value is -2.84. The van der Waals surface area contributed by atoms with Crippen molar-refractivity contribution in [1.29, 1.82) is 0 Å². The van der Waals surface area contributed by atoms with E-state index in [0.29, 0.717) is 43.5 Å². The summed E-state index contributed by atoms with van der Waals surface area (Å²) in [6, 6.07) is 11.5. The van der Waals surface area contributed by atoms with Gasteiger partial charge < -0.3 is 24.3 Å². The highest BCUT2D eigenvalue weighted by atomic mass is 19.1. The smallest absolute Gasteiger partial charge is 0.262 e. The van der Waals surface area contributed by atoms with Crippen LogP contribution in [0.2, 0.25) is 0 Å². The third-order valence-electron chi connectivity index (χ3n) is 4.97. The summed E-state index contributed by atoms with van der Waals surface area (Å²) in [4.78, 5) is 15.0. The molecule has 2 rings (SSSR count). The van der Waals surface area contributed by atoms with Gasteiger partial charge in [-0.3, -0.25) is 9.69 Å². The van der Waals surface area contributed by atoms with Crippen LogP contribution in [0.15, 0.2) is 42.5 Å². The highest BCUT2D eigenvalue weighted by Crippen LogP contribution is 2.31. The second kappa shape index (κ2) is 13.6. The topological polar surface area (TPSA) is 69.3 Å². The quantitative estimate of drug-likeness (QED) is 0.463. The van der Waals surface area contributed by atoms with Crippen molar-refractivity contribution in [3.05, 3.63) is 53.8 Å². The number of hydrogen-bond acceptors (Lipinski definition) is 6. The van der Waals surface area contributed by atoms with E-state index in [1.54, 1.807) is 33.5 Å². The minimum atomic E-state index is -0.848. The van der Waals surface area contributed by atoms with Crippen molar-refractivity contribution in [3.8, 4) is 17.2 Å². The average molecular weight is 463 g/mol. The van der Waals surface area contributed by atoms with Crippen LogP contribution in [0.3, 0.4) is 0 Å². The van der Waals surface area contributed by atoms with Gasteiger partial charge in [-0.1, -0.05) is 32.0 Å². The van der Waals surface area contributed by atoms with Crippen LogP contribution in [-0.4, -0.2) is 64.5 Å². The summed E-state index contributed by atoms with van der Waals surface area (Å²) in [6.07, 6.45) is -0.848. The molecule has 0 radical (unpaired) electrons. The van der Waals surface area contributed by atoms with Crippen LogP contribution in [0, 0.1) is 11.7 Å². The molecule has 1 amide bonds. The summed E-state index contributed by atoms with van der Waals surface area (Å²) >= 11 is 0. The third kappa shape index (κ3) is 8.55. The van der Waals surface area contributed by atoms with Gasteiger partial charge in [0.2, 0.25) is 0 Å². The molecule has 0 spiro atoms. The number of amides is 1. The molecule has 0 heterocycles. The number of nitrogens with one attached hydrogen (secondary N) is 1. The standard InChI is InChI=1S/C25H35FN2O5/c1-18(2)15-27-25(29)23(33-21-10-7-9-20(26)14-21)17-28(12-13-30-3)16-19-8-6-11-22(31-4)24(19)32-5/h6-11,14,18,23H,12-13,15-17H2,1-5H3,(H,27,29). The molecule has 0 aliphatic rings. The monoisotopic (exact) mass is 462 g/mol. The van der Waals surface area contributed by atoms with Gasteiger partial charge in [0.25, 0.3) is 5.91 Å². The van der Waals surface area contributed by atoms with Gasteiger partial charge in [-0.25, -0.2) is 4.39 Å². The van der Waals surface area contributed by atoms with Crippen molar-refractivity contribution in [1.82, 2.24) is 10.2 Å². The zero-order valence-electron chi connectivity index (χ0n) is 20.1. The van der Waals surface area contributed by atoms with Gasteiger partial charge in [-0.15, -0.1) is 0 Å². The second-order valence-electron chi connectivity index (χ2n) is 8.08. The first-order valence-electron chi connectivity index (χ1n) is 11.0. The molecule has 0 aromatic heterocycles. The fraction of sp³-hybridized carbons (Fsp3) is 0.480. The lowest BCUT2D eigenvalue weighted by molar-refractivity contribution is -0.129. The van der Waals surface area contributed by atoms with E-state index in [0.717, 1.165) is 5.56 Å². The van der Waals surface area contributed by atoms with E-state index >= 15 is 0 Å². The largest absolute Gasteiger partial charge is 0.493 e. The Bertz CT molecular complexity index is 878. The molecule has 2 aromatic carbocycles. The Kier molecular flexibility index (Phi) is 10.9. The van der Waals surface area contributed by atoms with Crippen molar-refractivity contribution in [2.24, 2.45) is 5.92 Å². The Morgan fingerprint density at radius 3 is 2.48 bits per heavy atom. The van der Waals surface area contributed by atoms with E-state index in [4.69, 9.17) is 18.9 Å². The maximum atomic E-state index is 13.7. The Labute approximate surface area is 195 Å². The van der Waals surface area contributed by atoms with Gasteiger partial charge in [0.1, 0.15) is 11.6 Å². The van der Waals surface area contributed by atoms with Crippen LogP contribution in [0.1, 0.15) is 19.4 Å². The lowest BCUT2D eigenvalue weighted by atomic mass is 10.1. The second-order valence-corrected chi connectivity index (χ2v) is 8.08. The number of carbonyl (C=O) groups is 1. The normalized spacial score (nSPS) is 12.0. The van der Waals surface area contributed by atoms with Crippen molar-refractivity contribution in [3.63, 3.8) is 0 Å². The van der Waals surface area contributed by atoms with Crippen LogP contribution >= 0.6 is 0 Å². The number of nitrogens with zero attached hydrogens (tertiary/aromatic N) is 1. The molecule has 0 aliphatic carbocycles. The summed E-state index contributed by atoms with van der Waals surface area (Å²) in [5.41, 5.74) is 0.903. The van der Waals surface area contributed by atoms with E-state index in [1.165, 1.54) is 12.1 Å². The number of para-hydroxylation sites is 1. The number of hydrogen-bond donors (Lipinski definition) is 1. The number of carbonyl (C=O) groups excluding carboxylic acids is 1. The molecule has 0 saturated carbocycles. The summed E-state index contributed by atoms with van der Waals surface area (Å²) in [5, 5.41) is 2.92. The summed E-state index contributed by atoms with van der Waals surface area (Å²) < 4.78 is 35.9. The molecule has 7 nitrogen and oxygen atoms in total. The Morgan fingerprint density at radius 1 is 1.09 bits per heavy atom. The van der Waals surface area contributed by atoms with Crippen LogP contribution in [-0.2, 0) is 16.1 Å². The van der Waals surface area contributed by atoms with Crippen LogP contribution in [0.25, 0.3) is 0 Å². The minimum Gasteiger partial charge on any atom is -0.493 e. The van der Waals surface area contributed by atoms with Gasteiger partial charge >= 0.3 is 0 Å². The lowest BCUT2D eigenvalue weighted by Crippen LogP contribution is -2.47. The van der Waals surface area contributed by atoms with E-state index in [-0.39, 0.29) is 18.4 Å². The Balaban J connectivity index is 2.27. The van der Waals surface area contributed by atoms with E-state index < -0.39 is 11.9 Å². The zero-order chi connectivity index (χ0) is 24.2. The molecule has 182 valence electrons. The Morgan fingerprint density at radius 2 is 1.85 bits per heavy atom. The van der Waals surface area contributed by atoms with Crippen molar-refractivity contribution in [2.75, 3.05) is 47.6 Å². The van der Waals surface area contributed by atoms with Crippen molar-refractivity contribution < 1.29 is 28.1 Å². The molecule has 1 N–H and O–H groups in total.